The van der Waals surface area contributed by atoms with Crippen LogP contribution in [0.25, 0.3) is 0 Å². The Hall–Kier alpha value is -3.34. The number of H-pyrrole nitrogens is 1. The van der Waals surface area contributed by atoms with E-state index in [1.807, 2.05) is 13.8 Å². The maximum Gasteiger partial charge on any atom is 0.271 e. The first-order valence-corrected chi connectivity index (χ1v) is 10.3. The summed E-state index contributed by atoms with van der Waals surface area (Å²) in [6, 6.07) is 8.92. The highest BCUT2D eigenvalue weighted by atomic mass is 16.5. The summed E-state index contributed by atoms with van der Waals surface area (Å²) in [6.07, 6.45) is 2.99. The molecule has 0 spiro atoms. The van der Waals surface area contributed by atoms with Gasteiger partial charge in [-0.15, -0.1) is 0 Å². The normalized spacial score (nSPS) is 16.4. The first-order valence-electron chi connectivity index (χ1n) is 10.3. The fourth-order valence-electron chi connectivity index (χ4n) is 3.64. The number of para-hydroxylation sites is 1. The number of hydrogen-bond acceptors (Lipinski definition) is 5. The largest absolute Gasteiger partial charge is 0.482 e. The Morgan fingerprint density at radius 1 is 1.33 bits per heavy atom. The fraction of sp³-hybridized carbons (Fsp3) is 0.455. The quantitative estimate of drug-likeness (QED) is 0.761. The monoisotopic (exact) mass is 409 g/mol. The van der Waals surface area contributed by atoms with E-state index in [2.05, 4.69) is 21.4 Å². The average Bonchev–Trinajstić information content (AvgIpc) is 2.99. The molecule has 0 bridgehead atoms. The minimum atomic E-state index is -0.169. The topological polar surface area (TPSA) is 111 Å². The van der Waals surface area contributed by atoms with E-state index in [1.165, 1.54) is 0 Å². The SMILES string of the molecule is CCc1[nH]c(C)nc1C(=O)NC1CCCN(C(=O)COc2ccccc2C#N)CC1. The van der Waals surface area contributed by atoms with Crippen LogP contribution in [0.4, 0.5) is 0 Å². The third-order valence-corrected chi connectivity index (χ3v) is 5.24. The average molecular weight is 409 g/mol. The number of carbonyl (C=O) groups is 2. The smallest absolute Gasteiger partial charge is 0.271 e. The predicted octanol–water partition coefficient (Wildman–Crippen LogP) is 2.34. The number of aromatic nitrogens is 2. The summed E-state index contributed by atoms with van der Waals surface area (Å²) in [5.41, 5.74) is 1.70. The Balaban J connectivity index is 1.52. The van der Waals surface area contributed by atoms with Crippen molar-refractivity contribution >= 4 is 11.8 Å². The van der Waals surface area contributed by atoms with E-state index in [-0.39, 0.29) is 24.5 Å². The van der Waals surface area contributed by atoms with E-state index in [1.54, 1.807) is 29.2 Å². The van der Waals surface area contributed by atoms with Crippen LogP contribution in [0, 0.1) is 18.3 Å². The van der Waals surface area contributed by atoms with Crippen molar-refractivity contribution in [1.29, 1.82) is 5.26 Å². The number of rotatable bonds is 6. The van der Waals surface area contributed by atoms with Crippen LogP contribution in [0.3, 0.4) is 0 Å². The van der Waals surface area contributed by atoms with Gasteiger partial charge in [0.2, 0.25) is 0 Å². The zero-order chi connectivity index (χ0) is 21.5. The van der Waals surface area contributed by atoms with Gasteiger partial charge in [-0.2, -0.15) is 5.26 Å². The summed E-state index contributed by atoms with van der Waals surface area (Å²) in [4.78, 5) is 34.4. The summed E-state index contributed by atoms with van der Waals surface area (Å²) in [6.45, 7) is 4.88. The molecule has 1 aromatic heterocycles. The maximum atomic E-state index is 12.6. The first-order chi connectivity index (χ1) is 14.5. The molecule has 158 valence electrons. The maximum absolute atomic E-state index is 12.6. The van der Waals surface area contributed by atoms with Gasteiger partial charge in [-0.3, -0.25) is 9.59 Å². The van der Waals surface area contributed by atoms with Gasteiger partial charge >= 0.3 is 0 Å². The van der Waals surface area contributed by atoms with Crippen molar-refractivity contribution in [3.63, 3.8) is 0 Å². The van der Waals surface area contributed by atoms with Crippen LogP contribution in [-0.4, -0.2) is 52.4 Å². The van der Waals surface area contributed by atoms with Crippen LogP contribution in [0.5, 0.6) is 5.75 Å². The standard InChI is InChI=1S/C22H27N5O3/c1-3-18-21(25-15(2)24-18)22(29)26-17-8-6-11-27(12-10-17)20(28)14-30-19-9-5-4-7-16(19)13-23/h4-5,7,9,17H,3,6,8,10-12,14H2,1-2H3,(H,24,25)(H,26,29). The molecule has 1 unspecified atom stereocenters. The Bertz CT molecular complexity index is 946. The number of imidazole rings is 1. The summed E-state index contributed by atoms with van der Waals surface area (Å²) in [7, 11) is 0. The molecule has 1 aromatic carbocycles. The minimum Gasteiger partial charge on any atom is -0.482 e. The molecule has 0 radical (unpaired) electrons. The second kappa shape index (κ2) is 9.92. The Kier molecular flexibility index (Phi) is 7.07. The van der Waals surface area contributed by atoms with Crippen molar-refractivity contribution in [2.75, 3.05) is 19.7 Å². The number of aryl methyl sites for hydroxylation is 2. The van der Waals surface area contributed by atoms with Gasteiger partial charge in [0.25, 0.3) is 11.8 Å². The number of benzene rings is 1. The van der Waals surface area contributed by atoms with Crippen LogP contribution < -0.4 is 10.1 Å². The molecule has 2 aromatic rings. The minimum absolute atomic E-state index is 0.00255. The van der Waals surface area contributed by atoms with Gasteiger partial charge in [-0.25, -0.2) is 4.98 Å². The lowest BCUT2D eigenvalue weighted by Gasteiger charge is -2.21. The van der Waals surface area contributed by atoms with Crippen molar-refractivity contribution in [3.8, 4) is 11.8 Å². The number of likely N-dealkylation sites (tertiary alicyclic amines) is 1. The molecule has 1 aliphatic heterocycles. The molecule has 2 heterocycles. The fourth-order valence-corrected chi connectivity index (χ4v) is 3.64. The number of nitriles is 1. The van der Waals surface area contributed by atoms with Crippen molar-refractivity contribution < 1.29 is 14.3 Å². The number of carbonyl (C=O) groups excluding carboxylic acids is 2. The number of hydrogen-bond donors (Lipinski definition) is 2. The molecule has 2 amide bonds. The lowest BCUT2D eigenvalue weighted by molar-refractivity contribution is -0.133. The molecule has 0 aliphatic carbocycles. The van der Waals surface area contributed by atoms with Crippen LogP contribution in [0.2, 0.25) is 0 Å². The second-order valence-corrected chi connectivity index (χ2v) is 7.38. The second-order valence-electron chi connectivity index (χ2n) is 7.38. The van der Waals surface area contributed by atoms with Crippen molar-refractivity contribution in [1.82, 2.24) is 20.2 Å². The van der Waals surface area contributed by atoms with E-state index in [0.29, 0.717) is 42.9 Å². The molecule has 1 aliphatic rings. The molecule has 1 saturated heterocycles. The van der Waals surface area contributed by atoms with E-state index in [9.17, 15) is 9.59 Å². The molecule has 1 fully saturated rings. The van der Waals surface area contributed by atoms with E-state index >= 15 is 0 Å². The van der Waals surface area contributed by atoms with Crippen LogP contribution in [-0.2, 0) is 11.2 Å². The van der Waals surface area contributed by atoms with Gasteiger partial charge < -0.3 is 19.9 Å². The molecule has 2 N–H and O–H groups in total. The third kappa shape index (κ3) is 5.17. The summed E-state index contributed by atoms with van der Waals surface area (Å²) >= 11 is 0. The number of nitrogens with zero attached hydrogens (tertiary/aromatic N) is 3. The van der Waals surface area contributed by atoms with E-state index in [0.717, 1.165) is 24.4 Å². The highest BCUT2D eigenvalue weighted by Gasteiger charge is 2.24. The summed E-state index contributed by atoms with van der Waals surface area (Å²) in [5.74, 6) is 0.852. The Morgan fingerprint density at radius 2 is 2.13 bits per heavy atom. The molecule has 8 heteroatoms. The Morgan fingerprint density at radius 3 is 2.90 bits per heavy atom. The molecule has 3 rings (SSSR count). The highest BCUT2D eigenvalue weighted by Crippen LogP contribution is 2.17. The van der Waals surface area contributed by atoms with Gasteiger partial charge in [0.1, 0.15) is 23.3 Å². The first kappa shape index (κ1) is 21.4. The predicted molar refractivity (Wildman–Crippen MR) is 111 cm³/mol. The van der Waals surface area contributed by atoms with Gasteiger partial charge in [0.15, 0.2) is 6.61 Å². The van der Waals surface area contributed by atoms with Crippen molar-refractivity contribution in [2.24, 2.45) is 0 Å². The lowest BCUT2D eigenvalue weighted by Crippen LogP contribution is -2.38. The third-order valence-electron chi connectivity index (χ3n) is 5.24. The zero-order valence-electron chi connectivity index (χ0n) is 17.4. The molecular formula is C22H27N5O3. The zero-order valence-corrected chi connectivity index (χ0v) is 17.4. The molecule has 0 saturated carbocycles. The number of amides is 2. The molecule has 8 nitrogen and oxygen atoms in total. The number of aromatic amines is 1. The molecule has 1 atom stereocenters. The van der Waals surface area contributed by atoms with Crippen LogP contribution in [0.1, 0.15) is 53.8 Å². The summed E-state index contributed by atoms with van der Waals surface area (Å²) < 4.78 is 5.57. The van der Waals surface area contributed by atoms with Crippen LogP contribution in [0.15, 0.2) is 24.3 Å². The number of ether oxygens (including phenoxy) is 1. The highest BCUT2D eigenvalue weighted by molar-refractivity contribution is 5.93. The summed E-state index contributed by atoms with van der Waals surface area (Å²) in [5, 5.41) is 12.2. The van der Waals surface area contributed by atoms with Gasteiger partial charge in [-0.05, 0) is 44.7 Å². The molecular weight excluding hydrogens is 382 g/mol. The van der Waals surface area contributed by atoms with Crippen LogP contribution >= 0.6 is 0 Å². The molecule has 30 heavy (non-hydrogen) atoms. The van der Waals surface area contributed by atoms with E-state index in [4.69, 9.17) is 10.00 Å². The number of nitrogens with one attached hydrogen (secondary N) is 2. The van der Waals surface area contributed by atoms with Gasteiger partial charge in [0.05, 0.1) is 5.56 Å². The lowest BCUT2D eigenvalue weighted by atomic mass is 10.1. The van der Waals surface area contributed by atoms with Gasteiger partial charge in [0, 0.05) is 24.8 Å². The van der Waals surface area contributed by atoms with E-state index < -0.39 is 0 Å². The van der Waals surface area contributed by atoms with Crippen molar-refractivity contribution in [2.45, 2.75) is 45.6 Å². The Labute approximate surface area is 176 Å². The van der Waals surface area contributed by atoms with Crippen molar-refractivity contribution in [3.05, 3.63) is 47.0 Å². The van der Waals surface area contributed by atoms with Gasteiger partial charge in [-0.1, -0.05) is 19.1 Å².